The van der Waals surface area contributed by atoms with E-state index in [9.17, 15) is 9.90 Å². The lowest BCUT2D eigenvalue weighted by molar-refractivity contribution is 0.0727. The predicted octanol–water partition coefficient (Wildman–Crippen LogP) is 6.48. The number of H-pyrrole nitrogens is 1. The molecular weight excluding hydrogens is 520 g/mol. The number of rotatable bonds is 5. The van der Waals surface area contributed by atoms with Gasteiger partial charge in [-0.1, -0.05) is 54.1 Å². The van der Waals surface area contributed by atoms with Crippen molar-refractivity contribution in [2.45, 2.75) is 25.0 Å². The van der Waals surface area contributed by atoms with Crippen LogP contribution in [0.25, 0.3) is 22.0 Å². The number of halogens is 1. The Kier molecular flexibility index (Phi) is 6.02. The standard InChI is InChI=1S/C33H29ClN4O2/c34-24-9-12-31(39)28(17-24)32(30-16-22-3-1-2-4-29(22)36-30)38-18-23-6-5-21(15-27(23)33(38)40)20-7-10-26(11-8-20)37-14-13-25(35)19-37/h1-12,15-17,25,32,36,39H,13-14,18-19,35H2/t25-,32-/m1/s1. The number of phenolic OH excluding ortho intramolecular Hbond substituents is 1. The summed E-state index contributed by atoms with van der Waals surface area (Å²) in [4.78, 5) is 21.6. The lowest BCUT2D eigenvalue weighted by atomic mass is 10.00. The fraction of sp³-hybridized carbons (Fsp3) is 0.182. The second-order valence-corrected chi connectivity index (χ2v) is 11.2. The molecule has 0 aliphatic carbocycles. The number of nitrogens with one attached hydrogen (secondary N) is 1. The van der Waals surface area contributed by atoms with Crippen LogP contribution in [0.4, 0.5) is 5.69 Å². The molecule has 0 saturated carbocycles. The Bertz CT molecular complexity index is 1710. The van der Waals surface area contributed by atoms with Crippen molar-refractivity contribution in [2.75, 3.05) is 18.0 Å². The topological polar surface area (TPSA) is 85.6 Å². The Morgan fingerprint density at radius 1 is 0.950 bits per heavy atom. The first-order valence-corrected chi connectivity index (χ1v) is 13.9. The van der Waals surface area contributed by atoms with Gasteiger partial charge in [-0.2, -0.15) is 0 Å². The molecule has 40 heavy (non-hydrogen) atoms. The molecule has 4 N–H and O–H groups in total. The molecule has 2 aliphatic rings. The normalized spacial score (nSPS) is 17.6. The van der Waals surface area contributed by atoms with E-state index in [4.69, 9.17) is 17.3 Å². The molecule has 2 aliphatic heterocycles. The highest BCUT2D eigenvalue weighted by atomic mass is 35.5. The second kappa shape index (κ2) is 9.73. The van der Waals surface area contributed by atoms with Crippen LogP contribution in [-0.2, 0) is 6.54 Å². The zero-order valence-corrected chi connectivity index (χ0v) is 22.6. The first-order valence-electron chi connectivity index (χ1n) is 13.6. The van der Waals surface area contributed by atoms with Gasteiger partial charge in [0.2, 0.25) is 0 Å². The second-order valence-electron chi connectivity index (χ2n) is 10.8. The van der Waals surface area contributed by atoms with E-state index in [1.807, 2.05) is 47.4 Å². The zero-order valence-electron chi connectivity index (χ0n) is 21.8. The number of nitrogens with zero attached hydrogens (tertiary/aromatic N) is 2. The summed E-state index contributed by atoms with van der Waals surface area (Å²) in [6.07, 6.45) is 1.01. The van der Waals surface area contributed by atoms with Crippen molar-refractivity contribution in [1.82, 2.24) is 9.88 Å². The number of benzene rings is 4. The molecule has 5 aromatic rings. The number of hydrogen-bond donors (Lipinski definition) is 3. The zero-order chi connectivity index (χ0) is 27.4. The Hall–Kier alpha value is -4.26. The Morgan fingerprint density at radius 3 is 2.52 bits per heavy atom. The highest BCUT2D eigenvalue weighted by Crippen LogP contribution is 2.41. The molecule has 2 atom stereocenters. The van der Waals surface area contributed by atoms with Crippen LogP contribution < -0.4 is 10.6 Å². The van der Waals surface area contributed by atoms with Gasteiger partial charge in [0.1, 0.15) is 11.8 Å². The maximum atomic E-state index is 14.0. The van der Waals surface area contributed by atoms with Gasteiger partial charge in [0.05, 0.1) is 0 Å². The van der Waals surface area contributed by atoms with Crippen LogP contribution >= 0.6 is 11.6 Å². The molecule has 1 amide bonds. The Morgan fingerprint density at radius 2 is 1.75 bits per heavy atom. The number of hydrogen-bond acceptors (Lipinski definition) is 4. The third-order valence-electron chi connectivity index (χ3n) is 8.17. The fourth-order valence-corrected chi connectivity index (χ4v) is 6.27. The van der Waals surface area contributed by atoms with Crippen molar-refractivity contribution in [1.29, 1.82) is 0 Å². The van der Waals surface area contributed by atoms with Crippen LogP contribution in [-0.4, -0.2) is 40.0 Å². The molecule has 200 valence electrons. The maximum Gasteiger partial charge on any atom is 0.255 e. The molecule has 0 bridgehead atoms. The quantitative estimate of drug-likeness (QED) is 0.235. The van der Waals surface area contributed by atoms with E-state index >= 15 is 0 Å². The van der Waals surface area contributed by atoms with Crippen LogP contribution in [0.2, 0.25) is 5.02 Å². The first kappa shape index (κ1) is 24.8. The van der Waals surface area contributed by atoms with Crippen LogP contribution in [0.5, 0.6) is 5.75 Å². The van der Waals surface area contributed by atoms with Crippen molar-refractivity contribution < 1.29 is 9.90 Å². The minimum absolute atomic E-state index is 0.0810. The summed E-state index contributed by atoms with van der Waals surface area (Å²) >= 11 is 6.37. The summed E-state index contributed by atoms with van der Waals surface area (Å²) in [5.74, 6) is 0.0131. The number of anilines is 1. The van der Waals surface area contributed by atoms with Crippen LogP contribution in [0.15, 0.2) is 91.0 Å². The van der Waals surface area contributed by atoms with Gasteiger partial charge in [-0.15, -0.1) is 0 Å². The van der Waals surface area contributed by atoms with Gasteiger partial charge in [0, 0.05) is 58.7 Å². The van der Waals surface area contributed by atoms with E-state index in [2.05, 4.69) is 40.2 Å². The number of para-hydroxylation sites is 1. The minimum atomic E-state index is -0.541. The van der Waals surface area contributed by atoms with Gasteiger partial charge >= 0.3 is 0 Å². The van der Waals surface area contributed by atoms with E-state index in [-0.39, 0.29) is 17.7 Å². The third-order valence-corrected chi connectivity index (χ3v) is 8.41. The monoisotopic (exact) mass is 548 g/mol. The lowest BCUT2D eigenvalue weighted by Crippen LogP contribution is -2.30. The summed E-state index contributed by atoms with van der Waals surface area (Å²) in [5, 5.41) is 12.4. The number of nitrogens with two attached hydrogens (primary N) is 1. The molecule has 4 aromatic carbocycles. The smallest absolute Gasteiger partial charge is 0.255 e. The highest BCUT2D eigenvalue weighted by Gasteiger charge is 2.36. The number of fused-ring (bicyclic) bond motifs is 2. The van der Waals surface area contributed by atoms with Crippen molar-refractivity contribution >= 4 is 34.1 Å². The highest BCUT2D eigenvalue weighted by molar-refractivity contribution is 6.30. The maximum absolute atomic E-state index is 14.0. The molecule has 1 fully saturated rings. The van der Waals surface area contributed by atoms with Gasteiger partial charge in [-0.3, -0.25) is 4.79 Å². The number of amides is 1. The number of phenols is 1. The lowest BCUT2D eigenvalue weighted by Gasteiger charge is -2.28. The fourth-order valence-electron chi connectivity index (χ4n) is 6.09. The van der Waals surface area contributed by atoms with Crippen molar-refractivity contribution in [2.24, 2.45) is 5.73 Å². The van der Waals surface area contributed by atoms with Crippen molar-refractivity contribution in [3.8, 4) is 16.9 Å². The molecule has 1 saturated heterocycles. The number of aromatic amines is 1. The van der Waals surface area contributed by atoms with Crippen LogP contribution in [0.3, 0.4) is 0 Å². The van der Waals surface area contributed by atoms with Crippen LogP contribution in [0.1, 0.15) is 39.6 Å². The summed E-state index contributed by atoms with van der Waals surface area (Å²) in [6.45, 7) is 2.28. The van der Waals surface area contributed by atoms with Crippen molar-refractivity contribution in [3.63, 3.8) is 0 Å². The molecule has 1 aromatic heterocycles. The molecule has 0 radical (unpaired) electrons. The van der Waals surface area contributed by atoms with Crippen molar-refractivity contribution in [3.05, 3.63) is 118 Å². The van der Waals surface area contributed by atoms with E-state index in [1.165, 1.54) is 5.69 Å². The Labute approximate surface area is 237 Å². The predicted molar refractivity (Wildman–Crippen MR) is 160 cm³/mol. The van der Waals surface area contributed by atoms with Gasteiger partial charge in [-0.25, -0.2) is 0 Å². The molecule has 0 spiro atoms. The average molecular weight is 549 g/mol. The SMILES string of the molecule is N[C@@H]1CCN(c2ccc(-c3ccc4c(c3)C(=O)N([C@@H](c3cc5ccccc5[nH]3)c3cc(Cl)ccc3O)C4)cc2)C1. The molecule has 3 heterocycles. The summed E-state index contributed by atoms with van der Waals surface area (Å²) in [6, 6.07) is 29.3. The number of carbonyl (C=O) groups is 1. The molecule has 7 rings (SSSR count). The van der Waals surface area contributed by atoms with Gasteiger partial charge in [0.15, 0.2) is 0 Å². The van der Waals surface area contributed by atoms with E-state index in [1.54, 1.807) is 18.2 Å². The summed E-state index contributed by atoms with van der Waals surface area (Å²) < 4.78 is 0. The number of carbonyl (C=O) groups excluding carboxylic acids is 1. The van der Waals surface area contributed by atoms with E-state index < -0.39 is 6.04 Å². The first-order chi connectivity index (χ1) is 19.4. The van der Waals surface area contributed by atoms with Gasteiger partial charge in [0.25, 0.3) is 5.91 Å². The molecular formula is C33H29ClN4O2. The van der Waals surface area contributed by atoms with Crippen LogP contribution in [0, 0.1) is 0 Å². The third kappa shape index (κ3) is 4.30. The average Bonchev–Trinajstić information content (AvgIpc) is 3.68. The summed E-state index contributed by atoms with van der Waals surface area (Å²) in [7, 11) is 0. The number of aromatic hydroxyl groups is 1. The van der Waals surface area contributed by atoms with E-state index in [0.717, 1.165) is 52.8 Å². The molecule has 0 unspecified atom stereocenters. The Balaban J connectivity index is 1.24. The van der Waals surface area contributed by atoms with Gasteiger partial charge < -0.3 is 25.6 Å². The van der Waals surface area contributed by atoms with Gasteiger partial charge in [-0.05, 0) is 77.0 Å². The summed E-state index contributed by atoms with van der Waals surface area (Å²) in [5.41, 5.74) is 13.3. The van der Waals surface area contributed by atoms with E-state index in [0.29, 0.717) is 22.7 Å². The molecule has 6 nitrogen and oxygen atoms in total. The molecule has 7 heteroatoms. The minimum Gasteiger partial charge on any atom is -0.508 e. The number of aromatic nitrogens is 1. The largest absolute Gasteiger partial charge is 0.508 e.